The third-order valence-corrected chi connectivity index (χ3v) is 4.17. The summed E-state index contributed by atoms with van der Waals surface area (Å²) in [6.07, 6.45) is 1.13. The SMILES string of the molecule is CCC(CS(=O)(=O)Nc1ncc(F)cc1Br)OC. The van der Waals surface area contributed by atoms with E-state index in [0.29, 0.717) is 6.42 Å². The van der Waals surface area contributed by atoms with Crippen LogP contribution >= 0.6 is 15.9 Å². The number of nitrogens with one attached hydrogen (secondary N) is 1. The van der Waals surface area contributed by atoms with E-state index in [2.05, 4.69) is 25.6 Å². The van der Waals surface area contributed by atoms with Crippen molar-refractivity contribution in [2.75, 3.05) is 17.6 Å². The second-order valence-corrected chi connectivity index (χ2v) is 6.25. The van der Waals surface area contributed by atoms with Gasteiger partial charge in [-0.15, -0.1) is 0 Å². The number of anilines is 1. The summed E-state index contributed by atoms with van der Waals surface area (Å²) in [6, 6.07) is 1.14. The van der Waals surface area contributed by atoms with Gasteiger partial charge in [-0.1, -0.05) is 6.92 Å². The van der Waals surface area contributed by atoms with Crippen LogP contribution in [0.3, 0.4) is 0 Å². The maximum atomic E-state index is 12.8. The van der Waals surface area contributed by atoms with Crippen LogP contribution in [0, 0.1) is 5.82 Å². The van der Waals surface area contributed by atoms with Crippen LogP contribution in [-0.2, 0) is 14.8 Å². The molecule has 0 saturated heterocycles. The average Bonchev–Trinajstić information content (AvgIpc) is 2.30. The molecule has 0 spiro atoms. The first-order valence-corrected chi connectivity index (χ1v) is 7.66. The van der Waals surface area contributed by atoms with E-state index < -0.39 is 15.8 Å². The number of pyridine rings is 1. The van der Waals surface area contributed by atoms with Gasteiger partial charge in [0.2, 0.25) is 10.0 Å². The molecule has 0 aromatic carbocycles. The molecule has 0 bridgehead atoms. The van der Waals surface area contributed by atoms with Crippen molar-refractivity contribution < 1.29 is 17.5 Å². The molecule has 0 aliphatic heterocycles. The Kier molecular flexibility index (Phi) is 5.48. The van der Waals surface area contributed by atoms with Gasteiger partial charge < -0.3 is 4.74 Å². The predicted molar refractivity (Wildman–Crippen MR) is 70.4 cm³/mol. The van der Waals surface area contributed by atoms with E-state index in [9.17, 15) is 12.8 Å². The number of hydrogen-bond acceptors (Lipinski definition) is 4. The maximum absolute atomic E-state index is 12.8. The molecule has 1 atom stereocenters. The third kappa shape index (κ3) is 4.51. The van der Waals surface area contributed by atoms with E-state index in [-0.39, 0.29) is 22.1 Å². The summed E-state index contributed by atoms with van der Waals surface area (Å²) in [5.74, 6) is -0.665. The molecule has 0 aliphatic rings. The highest BCUT2D eigenvalue weighted by atomic mass is 79.9. The Bertz CT molecular complexity index is 506. The Balaban J connectivity index is 2.82. The number of hydrogen-bond donors (Lipinski definition) is 1. The van der Waals surface area contributed by atoms with E-state index in [1.807, 2.05) is 6.92 Å². The van der Waals surface area contributed by atoms with Crippen molar-refractivity contribution in [3.8, 4) is 0 Å². The standard InChI is InChI=1S/C10H14BrFN2O3S/c1-3-8(17-2)6-18(15,16)14-10-9(11)4-7(12)5-13-10/h4-5,8H,3,6H2,1-2H3,(H,13,14). The van der Waals surface area contributed by atoms with Crippen LogP contribution in [0.1, 0.15) is 13.3 Å². The lowest BCUT2D eigenvalue weighted by atomic mass is 10.3. The first kappa shape index (κ1) is 15.3. The smallest absolute Gasteiger partial charge is 0.236 e. The lowest BCUT2D eigenvalue weighted by Crippen LogP contribution is -2.27. The molecular weight excluding hydrogens is 327 g/mol. The fourth-order valence-corrected chi connectivity index (χ4v) is 3.23. The van der Waals surface area contributed by atoms with E-state index in [1.54, 1.807) is 0 Å². The topological polar surface area (TPSA) is 68.3 Å². The van der Waals surface area contributed by atoms with Gasteiger partial charge in [0, 0.05) is 7.11 Å². The second-order valence-electron chi connectivity index (χ2n) is 3.63. The molecule has 0 aliphatic carbocycles. The molecule has 1 N–H and O–H groups in total. The fraction of sp³-hybridized carbons (Fsp3) is 0.500. The highest BCUT2D eigenvalue weighted by Crippen LogP contribution is 2.21. The van der Waals surface area contributed by atoms with Gasteiger partial charge in [0.15, 0.2) is 5.82 Å². The van der Waals surface area contributed by atoms with Gasteiger partial charge in [-0.2, -0.15) is 0 Å². The average molecular weight is 341 g/mol. The maximum Gasteiger partial charge on any atom is 0.236 e. The highest BCUT2D eigenvalue weighted by molar-refractivity contribution is 9.10. The largest absolute Gasteiger partial charge is 0.380 e. The molecule has 1 aromatic heterocycles. The quantitative estimate of drug-likeness (QED) is 0.861. The summed E-state index contributed by atoms with van der Waals surface area (Å²) in [5.41, 5.74) is 0. The van der Waals surface area contributed by atoms with Crippen molar-refractivity contribution >= 4 is 31.8 Å². The molecule has 0 saturated carbocycles. The molecule has 102 valence electrons. The molecule has 0 amide bonds. The summed E-state index contributed by atoms with van der Waals surface area (Å²) in [5, 5.41) is 0. The van der Waals surface area contributed by atoms with E-state index in [4.69, 9.17) is 4.74 Å². The van der Waals surface area contributed by atoms with E-state index >= 15 is 0 Å². The van der Waals surface area contributed by atoms with Crippen LogP contribution in [0.5, 0.6) is 0 Å². The lowest BCUT2D eigenvalue weighted by Gasteiger charge is -2.14. The molecule has 1 rings (SSSR count). The zero-order valence-electron chi connectivity index (χ0n) is 9.98. The predicted octanol–water partition coefficient (Wildman–Crippen LogP) is 2.15. The van der Waals surface area contributed by atoms with Crippen LogP contribution in [0.2, 0.25) is 0 Å². The van der Waals surface area contributed by atoms with Gasteiger partial charge >= 0.3 is 0 Å². The summed E-state index contributed by atoms with van der Waals surface area (Å²) in [7, 11) is -2.13. The first-order chi connectivity index (χ1) is 8.38. The molecule has 5 nitrogen and oxygen atoms in total. The molecule has 1 aromatic rings. The van der Waals surface area contributed by atoms with Crippen molar-refractivity contribution in [3.63, 3.8) is 0 Å². The van der Waals surface area contributed by atoms with E-state index in [1.165, 1.54) is 7.11 Å². The fourth-order valence-electron chi connectivity index (χ4n) is 1.28. The van der Waals surface area contributed by atoms with Gasteiger partial charge in [-0.25, -0.2) is 17.8 Å². The van der Waals surface area contributed by atoms with Crippen molar-refractivity contribution in [1.82, 2.24) is 4.98 Å². The molecule has 1 heterocycles. The van der Waals surface area contributed by atoms with Crippen LogP contribution in [0.4, 0.5) is 10.2 Å². The number of ether oxygens (including phenoxy) is 1. The summed E-state index contributed by atoms with van der Waals surface area (Å²) < 4.78 is 44.0. The minimum absolute atomic E-state index is 0.0577. The van der Waals surface area contributed by atoms with Crippen LogP contribution in [-0.4, -0.2) is 32.4 Å². The summed E-state index contributed by atoms with van der Waals surface area (Å²) in [6.45, 7) is 1.83. The highest BCUT2D eigenvalue weighted by Gasteiger charge is 2.19. The van der Waals surface area contributed by atoms with Gasteiger partial charge in [-0.05, 0) is 28.4 Å². The molecule has 8 heteroatoms. The molecule has 0 radical (unpaired) electrons. The van der Waals surface area contributed by atoms with Gasteiger partial charge in [0.25, 0.3) is 0 Å². The zero-order chi connectivity index (χ0) is 13.8. The molecule has 0 fully saturated rings. The number of aromatic nitrogens is 1. The summed E-state index contributed by atoms with van der Waals surface area (Å²) in [4.78, 5) is 3.67. The molecule has 1 unspecified atom stereocenters. The summed E-state index contributed by atoms with van der Waals surface area (Å²) >= 11 is 3.04. The Labute approximate surface area is 114 Å². The Morgan fingerprint density at radius 1 is 1.61 bits per heavy atom. The Morgan fingerprint density at radius 3 is 2.78 bits per heavy atom. The second kappa shape index (κ2) is 6.44. The van der Waals surface area contributed by atoms with Crippen molar-refractivity contribution in [3.05, 3.63) is 22.6 Å². The van der Waals surface area contributed by atoms with Crippen molar-refractivity contribution in [2.45, 2.75) is 19.4 Å². The normalized spacial score (nSPS) is 13.3. The van der Waals surface area contributed by atoms with Crippen LogP contribution < -0.4 is 4.72 Å². The number of sulfonamides is 1. The monoisotopic (exact) mass is 340 g/mol. The minimum Gasteiger partial charge on any atom is -0.380 e. The van der Waals surface area contributed by atoms with Crippen molar-refractivity contribution in [1.29, 1.82) is 0 Å². The molecular formula is C10H14BrFN2O3S. The molecule has 18 heavy (non-hydrogen) atoms. The number of nitrogens with zero attached hydrogens (tertiary/aromatic N) is 1. The first-order valence-electron chi connectivity index (χ1n) is 5.22. The zero-order valence-corrected chi connectivity index (χ0v) is 12.4. The van der Waals surface area contributed by atoms with Crippen LogP contribution in [0.25, 0.3) is 0 Å². The Morgan fingerprint density at radius 2 is 2.28 bits per heavy atom. The van der Waals surface area contributed by atoms with Gasteiger partial charge in [0.1, 0.15) is 5.82 Å². The van der Waals surface area contributed by atoms with Gasteiger partial charge in [0.05, 0.1) is 22.5 Å². The van der Waals surface area contributed by atoms with Crippen LogP contribution in [0.15, 0.2) is 16.7 Å². The van der Waals surface area contributed by atoms with Crippen molar-refractivity contribution in [2.24, 2.45) is 0 Å². The number of rotatable bonds is 6. The van der Waals surface area contributed by atoms with Gasteiger partial charge in [-0.3, -0.25) is 4.72 Å². The van der Waals surface area contributed by atoms with E-state index in [0.717, 1.165) is 12.3 Å². The number of halogens is 2. The third-order valence-electron chi connectivity index (χ3n) is 2.25. The Hall–Kier alpha value is -0.730. The lowest BCUT2D eigenvalue weighted by molar-refractivity contribution is 0.117. The minimum atomic E-state index is -3.58. The number of methoxy groups -OCH3 is 1.